The lowest BCUT2D eigenvalue weighted by Gasteiger charge is -2.37. The molecule has 1 unspecified atom stereocenters. The van der Waals surface area contributed by atoms with Gasteiger partial charge < -0.3 is 18.9 Å². The Balaban J connectivity index is 2.30. The van der Waals surface area contributed by atoms with E-state index in [0.29, 0.717) is 35.0 Å². The maximum Gasteiger partial charge on any atom is 0.407 e. The molecule has 1 amide bonds. The van der Waals surface area contributed by atoms with Crippen molar-refractivity contribution in [1.29, 1.82) is 0 Å². The Labute approximate surface area is 212 Å². The molecule has 0 fully saturated rings. The molecule has 0 aliphatic rings. The molecule has 1 N–H and O–H groups in total. The Morgan fingerprint density at radius 1 is 1.32 bits per heavy atom. The summed E-state index contributed by atoms with van der Waals surface area (Å²) < 4.78 is 19.5. The normalized spacial score (nSPS) is 14.0. The predicted octanol–water partition coefficient (Wildman–Crippen LogP) is 7.31. The van der Waals surface area contributed by atoms with E-state index in [1.165, 1.54) is 0 Å². The van der Waals surface area contributed by atoms with Crippen LogP contribution in [0, 0.1) is 3.57 Å². The van der Waals surface area contributed by atoms with Crippen molar-refractivity contribution in [2.45, 2.75) is 77.7 Å². The second-order valence-corrected chi connectivity index (χ2v) is 17.2. The second-order valence-electron chi connectivity index (χ2n) is 10.1. The minimum absolute atomic E-state index is 0.0557. The molecule has 6 nitrogen and oxygen atoms in total. The fourth-order valence-corrected chi connectivity index (χ4v) is 5.13. The molecule has 2 heterocycles. The standard InChI is InChI=1S/C21H31BrClIN2O4Si/c1-20(2,3)30-19(27)25-12(11-28-31(7,8)21(4,5)6)9-14-16(22)17-18(29-14)13(24)10-15(23)26-17/h10,12H,9,11H2,1-8H3,(H,25,27). The number of aromatic nitrogens is 1. The summed E-state index contributed by atoms with van der Waals surface area (Å²) in [6, 6.07) is 1.41. The Hall–Kier alpha value is -0.363. The van der Waals surface area contributed by atoms with E-state index in [4.69, 9.17) is 25.2 Å². The van der Waals surface area contributed by atoms with Gasteiger partial charge in [0.2, 0.25) is 0 Å². The zero-order valence-electron chi connectivity index (χ0n) is 19.3. The molecule has 0 aromatic carbocycles. The van der Waals surface area contributed by atoms with Crippen molar-refractivity contribution in [3.05, 3.63) is 25.0 Å². The largest absolute Gasteiger partial charge is 0.457 e. The molecule has 10 heteroatoms. The number of nitrogens with zero attached hydrogens (tertiary/aromatic N) is 1. The monoisotopic (exact) mass is 644 g/mol. The van der Waals surface area contributed by atoms with Crippen LogP contribution in [0.15, 0.2) is 15.0 Å². The Bertz CT molecular complexity index is 953. The van der Waals surface area contributed by atoms with Crippen LogP contribution in [0.4, 0.5) is 4.79 Å². The summed E-state index contributed by atoms with van der Waals surface area (Å²) in [6.45, 7) is 16.8. The van der Waals surface area contributed by atoms with Gasteiger partial charge in [-0.3, -0.25) is 0 Å². The number of carbonyl (C=O) groups is 1. The van der Waals surface area contributed by atoms with Crippen LogP contribution >= 0.6 is 50.1 Å². The van der Waals surface area contributed by atoms with Gasteiger partial charge in [-0.15, -0.1) is 0 Å². The van der Waals surface area contributed by atoms with E-state index in [-0.39, 0.29) is 11.1 Å². The first-order valence-corrected chi connectivity index (χ1v) is 15.2. The number of pyridine rings is 1. The molecule has 0 aliphatic carbocycles. The zero-order chi connectivity index (χ0) is 23.8. The molecular weight excluding hydrogens is 615 g/mol. The van der Waals surface area contributed by atoms with Crippen LogP contribution in [0.2, 0.25) is 23.3 Å². The van der Waals surface area contributed by atoms with E-state index in [0.717, 1.165) is 8.04 Å². The third kappa shape index (κ3) is 7.31. The number of hydrogen-bond donors (Lipinski definition) is 1. The second kappa shape index (κ2) is 9.86. The summed E-state index contributed by atoms with van der Waals surface area (Å²) in [7, 11) is -2.01. The van der Waals surface area contributed by atoms with Crippen molar-refractivity contribution in [2.75, 3.05) is 6.61 Å². The summed E-state index contributed by atoms with van der Waals surface area (Å²) in [4.78, 5) is 16.9. The number of amides is 1. The highest BCUT2D eigenvalue weighted by Gasteiger charge is 2.38. The van der Waals surface area contributed by atoms with Crippen molar-refractivity contribution < 1.29 is 18.4 Å². The van der Waals surface area contributed by atoms with Crippen molar-refractivity contribution in [2.24, 2.45) is 0 Å². The molecular formula is C21H31BrClIN2O4Si. The minimum atomic E-state index is -2.01. The van der Waals surface area contributed by atoms with Crippen LogP contribution in [0.1, 0.15) is 47.3 Å². The fourth-order valence-electron chi connectivity index (χ4n) is 2.53. The smallest absolute Gasteiger partial charge is 0.407 e. The van der Waals surface area contributed by atoms with Gasteiger partial charge in [0.05, 0.1) is 20.7 Å². The summed E-state index contributed by atoms with van der Waals surface area (Å²) in [5.74, 6) is 0.669. The van der Waals surface area contributed by atoms with E-state index in [9.17, 15) is 4.79 Å². The van der Waals surface area contributed by atoms with Crippen LogP contribution in [0.5, 0.6) is 0 Å². The Morgan fingerprint density at radius 3 is 2.48 bits per heavy atom. The number of ether oxygens (including phenoxy) is 1. The van der Waals surface area contributed by atoms with Gasteiger partial charge >= 0.3 is 6.09 Å². The Morgan fingerprint density at radius 2 is 1.94 bits per heavy atom. The number of rotatable bonds is 6. The van der Waals surface area contributed by atoms with Crippen molar-refractivity contribution in [3.8, 4) is 0 Å². The molecule has 0 bridgehead atoms. The van der Waals surface area contributed by atoms with Crippen LogP contribution in [0.25, 0.3) is 11.1 Å². The lowest BCUT2D eigenvalue weighted by Crippen LogP contribution is -2.48. The van der Waals surface area contributed by atoms with Gasteiger partial charge in [-0.05, 0) is 83.5 Å². The molecule has 1 atom stereocenters. The average Bonchev–Trinajstić information content (AvgIpc) is 2.87. The number of hydrogen-bond acceptors (Lipinski definition) is 5. The highest BCUT2D eigenvalue weighted by molar-refractivity contribution is 14.1. The topological polar surface area (TPSA) is 73.6 Å². The zero-order valence-corrected chi connectivity index (χ0v) is 24.8. The highest BCUT2D eigenvalue weighted by atomic mass is 127. The van der Waals surface area contributed by atoms with Gasteiger partial charge in [0.25, 0.3) is 0 Å². The number of halogens is 3. The van der Waals surface area contributed by atoms with E-state index in [2.05, 4.69) is 82.7 Å². The van der Waals surface area contributed by atoms with Crippen LogP contribution in [-0.2, 0) is 15.6 Å². The molecule has 174 valence electrons. The third-order valence-electron chi connectivity index (χ3n) is 5.18. The summed E-state index contributed by atoms with van der Waals surface area (Å²) >= 11 is 11.9. The van der Waals surface area contributed by atoms with Crippen LogP contribution in [-0.4, -0.2) is 37.6 Å². The lowest BCUT2D eigenvalue weighted by atomic mass is 10.2. The minimum Gasteiger partial charge on any atom is -0.457 e. The molecule has 0 saturated carbocycles. The molecule has 0 aliphatic heterocycles. The first-order chi connectivity index (χ1) is 14.0. The van der Waals surface area contributed by atoms with Crippen molar-refractivity contribution >= 4 is 75.6 Å². The first-order valence-electron chi connectivity index (χ1n) is 10.1. The number of furan rings is 1. The Kier molecular flexibility index (Phi) is 8.56. The molecule has 2 aromatic heterocycles. The van der Waals surface area contributed by atoms with E-state index in [1.807, 2.05) is 20.8 Å². The van der Waals surface area contributed by atoms with Gasteiger partial charge in [-0.2, -0.15) is 0 Å². The van der Waals surface area contributed by atoms with E-state index >= 15 is 0 Å². The summed E-state index contributed by atoms with van der Waals surface area (Å²) in [6.07, 6.45) is -0.0716. The van der Waals surface area contributed by atoms with Crippen molar-refractivity contribution in [1.82, 2.24) is 10.3 Å². The van der Waals surface area contributed by atoms with Gasteiger partial charge in [0.15, 0.2) is 13.9 Å². The van der Waals surface area contributed by atoms with Gasteiger partial charge in [0, 0.05) is 6.42 Å². The fraction of sp³-hybridized carbons (Fsp3) is 0.619. The average molecular weight is 646 g/mol. The van der Waals surface area contributed by atoms with E-state index in [1.54, 1.807) is 6.07 Å². The number of nitrogens with one attached hydrogen (secondary N) is 1. The third-order valence-corrected chi connectivity index (χ3v) is 11.5. The van der Waals surface area contributed by atoms with Crippen LogP contribution in [0.3, 0.4) is 0 Å². The number of alkyl carbamates (subject to hydrolysis) is 1. The molecule has 0 spiro atoms. The molecule has 0 radical (unpaired) electrons. The highest BCUT2D eigenvalue weighted by Crippen LogP contribution is 2.37. The molecule has 2 aromatic rings. The SMILES string of the molecule is CC(C)(C)OC(=O)NC(CO[Si](C)(C)C(C)(C)C)Cc1oc2c(I)cc(Cl)nc2c1Br. The quantitative estimate of drug-likeness (QED) is 0.203. The first kappa shape index (κ1) is 26.9. The van der Waals surface area contributed by atoms with Crippen LogP contribution < -0.4 is 5.32 Å². The van der Waals surface area contributed by atoms with Gasteiger partial charge in [-0.25, -0.2) is 9.78 Å². The lowest BCUT2D eigenvalue weighted by molar-refractivity contribution is 0.0483. The van der Waals surface area contributed by atoms with Gasteiger partial charge in [0.1, 0.15) is 22.0 Å². The maximum absolute atomic E-state index is 12.5. The predicted molar refractivity (Wildman–Crippen MR) is 139 cm³/mol. The maximum atomic E-state index is 12.5. The van der Waals surface area contributed by atoms with Crippen molar-refractivity contribution in [3.63, 3.8) is 0 Å². The number of carbonyl (C=O) groups excluding carboxylic acids is 1. The number of fused-ring (bicyclic) bond motifs is 1. The molecule has 2 rings (SSSR count). The van der Waals surface area contributed by atoms with E-state index < -0.39 is 20.0 Å². The summed E-state index contributed by atoms with van der Waals surface area (Å²) in [5, 5.41) is 3.40. The molecule has 0 saturated heterocycles. The summed E-state index contributed by atoms with van der Waals surface area (Å²) in [5.41, 5.74) is 0.729. The van der Waals surface area contributed by atoms with Gasteiger partial charge in [-0.1, -0.05) is 32.4 Å². The molecule has 31 heavy (non-hydrogen) atoms.